The van der Waals surface area contributed by atoms with Crippen LogP contribution in [0.2, 0.25) is 0 Å². The molecule has 0 bridgehead atoms. The van der Waals surface area contributed by atoms with E-state index in [2.05, 4.69) is 25.0 Å². The first-order chi connectivity index (χ1) is 9.51. The summed E-state index contributed by atoms with van der Waals surface area (Å²) in [5.41, 5.74) is 0. The number of nitrogens with zero attached hydrogens (tertiary/aromatic N) is 3. The van der Waals surface area contributed by atoms with Crippen molar-refractivity contribution in [1.82, 2.24) is 19.7 Å². The van der Waals surface area contributed by atoms with Crippen molar-refractivity contribution < 1.29 is 12.8 Å². The standard InChI is InChI=1S/C11H15N5O3S/c1-3-12-11-14-5-9(6-15-11)20(17,18)16-7-10-13-4-8(2)19-10/h4-6,16H,3,7H2,1-2H3,(H,12,14,15). The monoisotopic (exact) mass is 297 g/mol. The maximum atomic E-state index is 12.0. The minimum atomic E-state index is -3.68. The van der Waals surface area contributed by atoms with Gasteiger partial charge in [-0.15, -0.1) is 0 Å². The lowest BCUT2D eigenvalue weighted by atomic mass is 10.6. The molecule has 20 heavy (non-hydrogen) atoms. The van der Waals surface area contributed by atoms with Gasteiger partial charge in [-0.1, -0.05) is 0 Å². The zero-order chi connectivity index (χ0) is 14.6. The van der Waals surface area contributed by atoms with E-state index in [4.69, 9.17) is 4.42 Å². The molecule has 0 atom stereocenters. The normalized spacial score (nSPS) is 11.5. The number of nitrogens with one attached hydrogen (secondary N) is 2. The number of sulfonamides is 1. The van der Waals surface area contributed by atoms with Gasteiger partial charge in [-0.25, -0.2) is 28.1 Å². The highest BCUT2D eigenvalue weighted by Crippen LogP contribution is 2.09. The second kappa shape index (κ2) is 5.97. The van der Waals surface area contributed by atoms with Crippen molar-refractivity contribution >= 4 is 16.0 Å². The second-order valence-corrected chi connectivity index (χ2v) is 5.73. The largest absolute Gasteiger partial charge is 0.445 e. The lowest BCUT2D eigenvalue weighted by Crippen LogP contribution is -2.23. The summed E-state index contributed by atoms with van der Waals surface area (Å²) in [5.74, 6) is 1.31. The summed E-state index contributed by atoms with van der Waals surface area (Å²) in [6.45, 7) is 4.27. The average Bonchev–Trinajstić information content (AvgIpc) is 2.84. The maximum absolute atomic E-state index is 12.0. The van der Waals surface area contributed by atoms with Gasteiger partial charge in [0, 0.05) is 6.54 Å². The number of oxazole rings is 1. The van der Waals surface area contributed by atoms with E-state index >= 15 is 0 Å². The fourth-order valence-corrected chi connectivity index (χ4v) is 2.29. The van der Waals surface area contributed by atoms with Gasteiger partial charge < -0.3 is 9.73 Å². The first kappa shape index (κ1) is 14.4. The molecule has 8 nitrogen and oxygen atoms in total. The second-order valence-electron chi connectivity index (χ2n) is 3.96. The summed E-state index contributed by atoms with van der Waals surface area (Å²) in [5, 5.41) is 2.88. The molecule has 0 aromatic carbocycles. The minimum absolute atomic E-state index is 0.0116. The van der Waals surface area contributed by atoms with Gasteiger partial charge in [0.05, 0.1) is 25.1 Å². The number of rotatable bonds is 6. The molecule has 0 aliphatic heterocycles. The summed E-state index contributed by atoms with van der Waals surface area (Å²) < 4.78 is 31.6. The van der Waals surface area contributed by atoms with E-state index in [0.29, 0.717) is 24.1 Å². The smallest absolute Gasteiger partial charge is 0.244 e. The summed E-state index contributed by atoms with van der Waals surface area (Å²) >= 11 is 0. The van der Waals surface area contributed by atoms with Crippen LogP contribution in [0.4, 0.5) is 5.95 Å². The molecule has 2 heterocycles. The Labute approximate surface area is 116 Å². The molecular weight excluding hydrogens is 282 g/mol. The SMILES string of the molecule is CCNc1ncc(S(=O)(=O)NCc2ncc(C)o2)cn1. The molecule has 0 saturated carbocycles. The Morgan fingerprint density at radius 2 is 1.90 bits per heavy atom. The zero-order valence-corrected chi connectivity index (χ0v) is 11.9. The molecule has 108 valence electrons. The number of anilines is 1. The molecule has 0 amide bonds. The van der Waals surface area contributed by atoms with E-state index in [-0.39, 0.29) is 11.4 Å². The molecule has 0 aliphatic rings. The summed E-state index contributed by atoms with van der Waals surface area (Å²) in [6, 6.07) is 0. The quantitative estimate of drug-likeness (QED) is 0.806. The van der Waals surface area contributed by atoms with Crippen LogP contribution >= 0.6 is 0 Å². The molecular formula is C11H15N5O3S. The van der Waals surface area contributed by atoms with Crippen LogP contribution in [0.3, 0.4) is 0 Å². The summed E-state index contributed by atoms with van der Waals surface area (Å²) in [6.07, 6.45) is 4.01. The lowest BCUT2D eigenvalue weighted by Gasteiger charge is -2.05. The lowest BCUT2D eigenvalue weighted by molar-refractivity contribution is 0.463. The Hall–Kier alpha value is -2.00. The van der Waals surface area contributed by atoms with Crippen molar-refractivity contribution in [3.05, 3.63) is 30.2 Å². The molecule has 0 saturated heterocycles. The van der Waals surface area contributed by atoms with E-state index in [1.54, 1.807) is 6.92 Å². The highest BCUT2D eigenvalue weighted by molar-refractivity contribution is 7.89. The molecule has 0 unspecified atom stereocenters. The van der Waals surface area contributed by atoms with Crippen LogP contribution in [0, 0.1) is 6.92 Å². The molecule has 2 aromatic heterocycles. The van der Waals surface area contributed by atoms with E-state index in [1.807, 2.05) is 6.92 Å². The molecule has 2 aromatic rings. The number of hydrogen-bond donors (Lipinski definition) is 2. The highest BCUT2D eigenvalue weighted by Gasteiger charge is 2.16. The number of aryl methyl sites for hydroxylation is 1. The van der Waals surface area contributed by atoms with Crippen LogP contribution in [0.15, 0.2) is 27.9 Å². The van der Waals surface area contributed by atoms with Gasteiger partial charge in [-0.05, 0) is 13.8 Å². The third-order valence-electron chi connectivity index (χ3n) is 2.36. The van der Waals surface area contributed by atoms with Crippen molar-refractivity contribution in [2.75, 3.05) is 11.9 Å². The van der Waals surface area contributed by atoms with Crippen molar-refractivity contribution in [3.8, 4) is 0 Å². The minimum Gasteiger partial charge on any atom is -0.445 e. The van der Waals surface area contributed by atoms with Gasteiger partial charge in [0.1, 0.15) is 10.7 Å². The average molecular weight is 297 g/mol. The highest BCUT2D eigenvalue weighted by atomic mass is 32.2. The Morgan fingerprint density at radius 1 is 1.20 bits per heavy atom. The summed E-state index contributed by atoms with van der Waals surface area (Å²) in [7, 11) is -3.68. The number of hydrogen-bond acceptors (Lipinski definition) is 7. The number of aromatic nitrogens is 3. The maximum Gasteiger partial charge on any atom is 0.244 e. The topological polar surface area (TPSA) is 110 Å². The molecule has 9 heteroatoms. The zero-order valence-electron chi connectivity index (χ0n) is 11.1. The van der Waals surface area contributed by atoms with Crippen LogP contribution in [0.5, 0.6) is 0 Å². The third-order valence-corrected chi connectivity index (χ3v) is 3.71. The van der Waals surface area contributed by atoms with Gasteiger partial charge in [-0.3, -0.25) is 0 Å². The van der Waals surface area contributed by atoms with Gasteiger partial charge >= 0.3 is 0 Å². The first-order valence-corrected chi connectivity index (χ1v) is 7.46. The van der Waals surface area contributed by atoms with E-state index in [9.17, 15) is 8.42 Å². The van der Waals surface area contributed by atoms with Crippen LogP contribution in [-0.2, 0) is 16.6 Å². The molecule has 0 radical (unpaired) electrons. The Morgan fingerprint density at radius 3 is 2.45 bits per heavy atom. The Balaban J connectivity index is 2.05. The fourth-order valence-electron chi connectivity index (χ4n) is 1.43. The van der Waals surface area contributed by atoms with Crippen molar-refractivity contribution in [3.63, 3.8) is 0 Å². The Kier molecular flexibility index (Phi) is 4.30. The molecule has 2 rings (SSSR count). The van der Waals surface area contributed by atoms with Crippen LogP contribution in [0.25, 0.3) is 0 Å². The van der Waals surface area contributed by atoms with Crippen LogP contribution < -0.4 is 10.0 Å². The first-order valence-electron chi connectivity index (χ1n) is 5.98. The van der Waals surface area contributed by atoms with Gasteiger partial charge in [-0.2, -0.15) is 0 Å². The van der Waals surface area contributed by atoms with Crippen LogP contribution in [-0.4, -0.2) is 29.9 Å². The third kappa shape index (κ3) is 3.52. The van der Waals surface area contributed by atoms with E-state index in [1.165, 1.54) is 18.6 Å². The van der Waals surface area contributed by atoms with Crippen molar-refractivity contribution in [2.24, 2.45) is 0 Å². The van der Waals surface area contributed by atoms with Gasteiger partial charge in [0.2, 0.25) is 21.9 Å². The predicted octanol–water partition coefficient (Wildman–Crippen LogP) is 0.683. The molecule has 0 spiro atoms. The van der Waals surface area contributed by atoms with Gasteiger partial charge in [0.25, 0.3) is 0 Å². The summed E-state index contributed by atoms with van der Waals surface area (Å²) in [4.78, 5) is 11.7. The van der Waals surface area contributed by atoms with Crippen molar-refractivity contribution in [2.45, 2.75) is 25.3 Å². The Bertz CT molecular complexity index is 666. The fraction of sp³-hybridized carbons (Fsp3) is 0.364. The molecule has 0 aliphatic carbocycles. The van der Waals surface area contributed by atoms with E-state index in [0.717, 1.165) is 0 Å². The predicted molar refractivity (Wildman–Crippen MR) is 71.5 cm³/mol. The van der Waals surface area contributed by atoms with Crippen LogP contribution in [0.1, 0.15) is 18.6 Å². The molecule has 2 N–H and O–H groups in total. The van der Waals surface area contributed by atoms with Crippen molar-refractivity contribution in [1.29, 1.82) is 0 Å². The van der Waals surface area contributed by atoms with Gasteiger partial charge in [0.15, 0.2) is 0 Å². The molecule has 0 fully saturated rings. The van der Waals surface area contributed by atoms with E-state index < -0.39 is 10.0 Å².